The summed E-state index contributed by atoms with van der Waals surface area (Å²) in [6, 6.07) is 0. The molecule has 0 amide bonds. The molecule has 4 rings (SSSR count). The van der Waals surface area contributed by atoms with Gasteiger partial charge in [0.1, 0.15) is 0 Å². The standard InChI is InChI=1S/C31H56OSi/c1-21(2)22(3)10-11-23(4)27-14-15-28-26-13-12-24-20-25(32-33(7,8)9)16-18-30(24,5)29(26)17-19-31(27,28)6/h13,21-25,27-29H,10-12,14-20H2,1-9H3/t22-,23+,24?,25?,27+,28-,29-,30-,31+/m0/s1. The van der Waals surface area contributed by atoms with Crippen LogP contribution < -0.4 is 0 Å². The molecule has 0 heterocycles. The molecule has 9 atom stereocenters. The van der Waals surface area contributed by atoms with Crippen molar-refractivity contribution in [2.75, 3.05) is 0 Å². The van der Waals surface area contributed by atoms with E-state index >= 15 is 0 Å². The monoisotopic (exact) mass is 472 g/mol. The molecule has 0 spiro atoms. The number of rotatable bonds is 7. The number of hydrogen-bond donors (Lipinski definition) is 0. The van der Waals surface area contributed by atoms with E-state index in [1.165, 1.54) is 64.2 Å². The van der Waals surface area contributed by atoms with Crippen molar-refractivity contribution in [2.45, 2.75) is 131 Å². The third-order valence-corrected chi connectivity index (χ3v) is 12.6. The second kappa shape index (κ2) is 9.42. The molecule has 0 aromatic carbocycles. The molecule has 0 aliphatic heterocycles. The fourth-order valence-electron chi connectivity index (χ4n) is 9.12. The average Bonchev–Trinajstić information content (AvgIpc) is 3.08. The lowest BCUT2D eigenvalue weighted by Gasteiger charge is -2.58. The fourth-order valence-corrected chi connectivity index (χ4v) is 10.3. The highest BCUT2D eigenvalue weighted by atomic mass is 28.4. The Morgan fingerprint density at radius 1 is 0.909 bits per heavy atom. The van der Waals surface area contributed by atoms with Gasteiger partial charge in [-0.1, -0.05) is 66.0 Å². The van der Waals surface area contributed by atoms with E-state index in [0.29, 0.717) is 16.9 Å². The van der Waals surface area contributed by atoms with Crippen LogP contribution in [0.2, 0.25) is 19.6 Å². The molecule has 4 aliphatic carbocycles. The van der Waals surface area contributed by atoms with E-state index in [4.69, 9.17) is 4.43 Å². The second-order valence-electron chi connectivity index (χ2n) is 14.9. The maximum atomic E-state index is 6.61. The van der Waals surface area contributed by atoms with Crippen molar-refractivity contribution in [1.29, 1.82) is 0 Å². The van der Waals surface area contributed by atoms with Crippen LogP contribution in [0.3, 0.4) is 0 Å². The molecule has 0 bridgehead atoms. The largest absolute Gasteiger partial charge is 0.415 e. The molecule has 0 aromatic heterocycles. The molecule has 33 heavy (non-hydrogen) atoms. The van der Waals surface area contributed by atoms with Gasteiger partial charge in [-0.15, -0.1) is 0 Å². The van der Waals surface area contributed by atoms with E-state index in [2.05, 4.69) is 67.3 Å². The molecule has 0 N–H and O–H groups in total. The second-order valence-corrected chi connectivity index (χ2v) is 19.3. The van der Waals surface area contributed by atoms with Crippen LogP contribution in [0.1, 0.15) is 106 Å². The highest BCUT2D eigenvalue weighted by Crippen LogP contribution is 2.67. The highest BCUT2D eigenvalue weighted by Gasteiger charge is 2.58. The average molecular weight is 473 g/mol. The van der Waals surface area contributed by atoms with Crippen molar-refractivity contribution < 1.29 is 4.43 Å². The maximum Gasteiger partial charge on any atom is 0.184 e. The molecule has 0 saturated heterocycles. The van der Waals surface area contributed by atoms with Gasteiger partial charge in [0.2, 0.25) is 0 Å². The molecule has 4 aliphatic rings. The summed E-state index contributed by atoms with van der Waals surface area (Å²) in [7, 11) is -1.44. The first kappa shape index (κ1) is 26.0. The quantitative estimate of drug-likeness (QED) is 0.265. The zero-order chi connectivity index (χ0) is 24.2. The van der Waals surface area contributed by atoms with Crippen LogP contribution in [0.4, 0.5) is 0 Å². The summed E-state index contributed by atoms with van der Waals surface area (Å²) in [5.41, 5.74) is 3.02. The Bertz CT molecular complexity index is 719. The fraction of sp³-hybridized carbons (Fsp3) is 0.935. The third-order valence-electron chi connectivity index (χ3n) is 11.5. The van der Waals surface area contributed by atoms with E-state index in [1.54, 1.807) is 0 Å². The first-order chi connectivity index (χ1) is 15.3. The Labute approximate surface area is 208 Å². The van der Waals surface area contributed by atoms with E-state index in [9.17, 15) is 0 Å². The Morgan fingerprint density at radius 3 is 2.24 bits per heavy atom. The molecule has 0 radical (unpaired) electrons. The van der Waals surface area contributed by atoms with Crippen molar-refractivity contribution in [1.82, 2.24) is 0 Å². The van der Waals surface area contributed by atoms with Crippen molar-refractivity contribution >= 4 is 8.32 Å². The lowest BCUT2D eigenvalue weighted by atomic mass is 9.47. The topological polar surface area (TPSA) is 9.23 Å². The van der Waals surface area contributed by atoms with Gasteiger partial charge in [0, 0.05) is 6.10 Å². The van der Waals surface area contributed by atoms with E-state index < -0.39 is 8.32 Å². The van der Waals surface area contributed by atoms with Crippen molar-refractivity contribution in [3.63, 3.8) is 0 Å². The minimum atomic E-state index is -1.44. The lowest BCUT2D eigenvalue weighted by molar-refractivity contribution is -0.0385. The van der Waals surface area contributed by atoms with E-state index in [1.807, 2.05) is 5.57 Å². The lowest BCUT2D eigenvalue weighted by Crippen LogP contribution is -2.50. The van der Waals surface area contributed by atoms with E-state index in [-0.39, 0.29) is 0 Å². The molecular weight excluding hydrogens is 416 g/mol. The van der Waals surface area contributed by atoms with Gasteiger partial charge in [0.15, 0.2) is 8.32 Å². The van der Waals surface area contributed by atoms with E-state index in [0.717, 1.165) is 41.4 Å². The molecule has 3 fully saturated rings. The third kappa shape index (κ3) is 4.96. The van der Waals surface area contributed by atoms with Crippen molar-refractivity contribution in [2.24, 2.45) is 52.3 Å². The van der Waals surface area contributed by atoms with Gasteiger partial charge in [0.25, 0.3) is 0 Å². The van der Waals surface area contributed by atoms with Crippen molar-refractivity contribution in [3.8, 4) is 0 Å². The first-order valence-corrected chi connectivity index (χ1v) is 18.1. The zero-order valence-corrected chi connectivity index (χ0v) is 24.7. The van der Waals surface area contributed by atoms with Crippen LogP contribution in [-0.4, -0.2) is 14.4 Å². The summed E-state index contributed by atoms with van der Waals surface area (Å²) in [4.78, 5) is 0. The van der Waals surface area contributed by atoms with Gasteiger partial charge < -0.3 is 4.43 Å². The number of hydrogen-bond acceptors (Lipinski definition) is 1. The Morgan fingerprint density at radius 2 is 1.58 bits per heavy atom. The van der Waals surface area contributed by atoms with Crippen LogP contribution in [0.25, 0.3) is 0 Å². The predicted octanol–water partition coefficient (Wildman–Crippen LogP) is 9.49. The number of fused-ring (bicyclic) bond motifs is 5. The van der Waals surface area contributed by atoms with Crippen LogP contribution in [0, 0.1) is 52.3 Å². The van der Waals surface area contributed by atoms with Gasteiger partial charge in [-0.3, -0.25) is 0 Å². The van der Waals surface area contributed by atoms with Gasteiger partial charge in [-0.25, -0.2) is 0 Å². The summed E-state index contributed by atoms with van der Waals surface area (Å²) >= 11 is 0. The Balaban J connectivity index is 1.46. The minimum Gasteiger partial charge on any atom is -0.415 e. The van der Waals surface area contributed by atoms with Crippen molar-refractivity contribution in [3.05, 3.63) is 11.6 Å². The number of allylic oxidation sites excluding steroid dienone is 2. The normalized spacial score (nSPS) is 42.8. The molecule has 2 unspecified atom stereocenters. The van der Waals surface area contributed by atoms with Gasteiger partial charge in [-0.05, 0) is 123 Å². The van der Waals surface area contributed by atoms with Crippen LogP contribution in [-0.2, 0) is 4.43 Å². The van der Waals surface area contributed by atoms with Gasteiger partial charge in [-0.2, -0.15) is 0 Å². The summed E-state index contributed by atoms with van der Waals surface area (Å²) in [5.74, 6) is 6.10. The molecule has 2 heteroatoms. The summed E-state index contributed by atoms with van der Waals surface area (Å²) in [6.07, 6.45) is 17.4. The molecule has 3 saturated carbocycles. The molecule has 190 valence electrons. The Hall–Kier alpha value is -0.0831. The van der Waals surface area contributed by atoms with Crippen LogP contribution in [0.15, 0.2) is 11.6 Å². The smallest absolute Gasteiger partial charge is 0.184 e. The highest BCUT2D eigenvalue weighted by molar-refractivity contribution is 6.69. The van der Waals surface area contributed by atoms with Gasteiger partial charge >= 0.3 is 0 Å². The summed E-state index contributed by atoms with van der Waals surface area (Å²) < 4.78 is 6.61. The summed E-state index contributed by atoms with van der Waals surface area (Å²) in [6.45, 7) is 22.4. The zero-order valence-electron chi connectivity index (χ0n) is 23.7. The summed E-state index contributed by atoms with van der Waals surface area (Å²) in [5, 5.41) is 0. The van der Waals surface area contributed by atoms with Crippen LogP contribution in [0.5, 0.6) is 0 Å². The van der Waals surface area contributed by atoms with Crippen LogP contribution >= 0.6 is 0 Å². The SMILES string of the molecule is CC(C)[C@@H](C)CC[C@@H](C)[C@H]1CC[C@H]2C3=CCC4CC(O[Si](C)(C)C)CC[C@]4(C)[C@H]3CC[C@]12C. The molecular formula is C31H56OSi. The maximum absolute atomic E-state index is 6.61. The molecule has 0 aromatic rings. The van der Waals surface area contributed by atoms with Gasteiger partial charge in [0.05, 0.1) is 0 Å². The Kier molecular flexibility index (Phi) is 7.42. The molecule has 1 nitrogen and oxygen atoms in total. The first-order valence-electron chi connectivity index (χ1n) is 14.7. The predicted molar refractivity (Wildman–Crippen MR) is 146 cm³/mol. The minimum absolute atomic E-state index is 0.529.